The molecular formula is C21H28N6O3. The summed E-state index contributed by atoms with van der Waals surface area (Å²) in [5, 5.41) is 17.5. The second-order valence-electron chi connectivity index (χ2n) is 8.07. The monoisotopic (exact) mass is 412 g/mol. The van der Waals surface area contributed by atoms with E-state index in [0.29, 0.717) is 52.2 Å². The van der Waals surface area contributed by atoms with Gasteiger partial charge >= 0.3 is 0 Å². The van der Waals surface area contributed by atoms with Crippen LogP contribution >= 0.6 is 0 Å². The van der Waals surface area contributed by atoms with Crippen molar-refractivity contribution in [3.8, 4) is 0 Å². The molecule has 1 atom stereocenters. The van der Waals surface area contributed by atoms with Crippen molar-refractivity contribution in [1.29, 1.82) is 0 Å². The van der Waals surface area contributed by atoms with Crippen molar-refractivity contribution in [2.45, 2.75) is 24.9 Å². The van der Waals surface area contributed by atoms with Crippen LogP contribution in [0.3, 0.4) is 0 Å². The van der Waals surface area contributed by atoms with Crippen molar-refractivity contribution in [1.82, 2.24) is 29.9 Å². The molecule has 2 aromatic rings. The first kappa shape index (κ1) is 20.5. The van der Waals surface area contributed by atoms with Crippen LogP contribution in [0.1, 0.15) is 29.0 Å². The maximum absolute atomic E-state index is 13.0. The normalized spacial score (nSPS) is 23.0. The number of H-pyrrole nitrogens is 1. The number of nitrogens with one attached hydrogen (secondary N) is 1. The smallest absolute Gasteiger partial charge is 0.291 e. The van der Waals surface area contributed by atoms with E-state index in [2.05, 4.69) is 32.2 Å². The third-order valence-corrected chi connectivity index (χ3v) is 5.98. The Hall–Kier alpha value is -2.78. The van der Waals surface area contributed by atoms with E-state index in [1.807, 2.05) is 18.2 Å². The Morgan fingerprint density at radius 3 is 2.60 bits per heavy atom. The molecule has 2 amide bonds. The van der Waals surface area contributed by atoms with E-state index in [0.717, 1.165) is 12.8 Å². The molecule has 0 spiro atoms. The number of hydrogen-bond acceptors (Lipinski definition) is 6. The summed E-state index contributed by atoms with van der Waals surface area (Å²) >= 11 is 0. The minimum absolute atomic E-state index is 0.174. The summed E-state index contributed by atoms with van der Waals surface area (Å²) in [5.74, 6) is -0.116. The van der Waals surface area contributed by atoms with E-state index < -0.39 is 5.60 Å². The quantitative estimate of drug-likeness (QED) is 0.700. The van der Waals surface area contributed by atoms with E-state index in [4.69, 9.17) is 0 Å². The Labute approximate surface area is 175 Å². The van der Waals surface area contributed by atoms with Gasteiger partial charge in [0.2, 0.25) is 5.82 Å². The largest absolute Gasteiger partial charge is 0.379 e. The Balaban J connectivity index is 1.30. The molecule has 4 rings (SSSR count). The molecule has 0 aliphatic carbocycles. The molecule has 9 nitrogen and oxygen atoms in total. The van der Waals surface area contributed by atoms with E-state index in [1.165, 1.54) is 11.9 Å². The predicted octanol–water partition coefficient (Wildman–Crippen LogP) is 0.159. The molecule has 1 aromatic carbocycles. The minimum atomic E-state index is -1.36. The highest BCUT2D eigenvalue weighted by Gasteiger charge is 2.43. The van der Waals surface area contributed by atoms with Crippen molar-refractivity contribution in [2.24, 2.45) is 0 Å². The molecule has 2 aliphatic heterocycles. The Bertz CT molecular complexity index is 851. The number of aromatic amines is 1. The fraction of sp³-hybridized carbons (Fsp3) is 0.524. The molecule has 30 heavy (non-hydrogen) atoms. The number of amides is 2. The van der Waals surface area contributed by atoms with Gasteiger partial charge in [0.1, 0.15) is 6.33 Å². The standard InChI is InChI=1S/C21H28N6O3/c28-19(18-22-16-23-24-18)26-13-11-25(12-14-26)15-21(30)8-4-9-27(20(21)29)10-7-17-5-2-1-3-6-17/h1-3,5-6,16,30H,4,7-15H2,(H,22,23,24)/t21-/m1/s1. The van der Waals surface area contributed by atoms with Crippen LogP contribution < -0.4 is 0 Å². The summed E-state index contributed by atoms with van der Waals surface area (Å²) in [6.07, 6.45) is 3.37. The van der Waals surface area contributed by atoms with E-state index in [-0.39, 0.29) is 17.6 Å². The number of likely N-dealkylation sites (tertiary alicyclic amines) is 1. The molecule has 0 bridgehead atoms. The molecule has 0 saturated carbocycles. The number of aromatic nitrogens is 3. The number of nitrogens with zero attached hydrogens (tertiary/aromatic N) is 5. The first-order valence-corrected chi connectivity index (χ1v) is 10.5. The average Bonchev–Trinajstić information content (AvgIpc) is 3.31. The zero-order valence-electron chi connectivity index (χ0n) is 17.0. The molecule has 2 aliphatic rings. The van der Waals surface area contributed by atoms with Crippen LogP contribution in [-0.4, -0.2) is 98.2 Å². The molecule has 2 fully saturated rings. The highest BCUT2D eigenvalue weighted by Crippen LogP contribution is 2.25. The highest BCUT2D eigenvalue weighted by molar-refractivity contribution is 5.90. The Morgan fingerprint density at radius 2 is 1.90 bits per heavy atom. The Kier molecular flexibility index (Phi) is 6.10. The summed E-state index contributed by atoms with van der Waals surface area (Å²) in [7, 11) is 0. The molecule has 0 unspecified atom stereocenters. The second-order valence-corrected chi connectivity index (χ2v) is 8.07. The van der Waals surface area contributed by atoms with Crippen LogP contribution in [-0.2, 0) is 11.2 Å². The molecule has 160 valence electrons. The second kappa shape index (κ2) is 8.93. The number of carbonyl (C=O) groups excluding carboxylic acids is 2. The lowest BCUT2D eigenvalue weighted by atomic mass is 9.90. The summed E-state index contributed by atoms with van der Waals surface area (Å²) < 4.78 is 0. The number of benzene rings is 1. The van der Waals surface area contributed by atoms with Crippen molar-refractivity contribution < 1.29 is 14.7 Å². The average molecular weight is 412 g/mol. The van der Waals surface area contributed by atoms with Gasteiger partial charge in [0.15, 0.2) is 5.60 Å². The maximum atomic E-state index is 13.0. The van der Waals surface area contributed by atoms with Gasteiger partial charge < -0.3 is 14.9 Å². The fourth-order valence-corrected chi connectivity index (χ4v) is 4.27. The predicted molar refractivity (Wildman–Crippen MR) is 110 cm³/mol. The number of β-amino-alcohol motifs (C(OH)–C–C–N with tert-alkyl or cyclic N) is 1. The lowest BCUT2D eigenvalue weighted by Crippen LogP contribution is -2.61. The van der Waals surface area contributed by atoms with Crippen molar-refractivity contribution in [2.75, 3.05) is 45.8 Å². The SMILES string of the molecule is O=C(c1ncn[nH]1)N1CCN(C[C@]2(O)CCCN(CCc3ccccc3)C2=O)CC1. The topological polar surface area (TPSA) is 106 Å². The van der Waals surface area contributed by atoms with Crippen LogP contribution in [0.2, 0.25) is 0 Å². The lowest BCUT2D eigenvalue weighted by molar-refractivity contribution is -0.159. The molecule has 0 radical (unpaired) electrons. The third kappa shape index (κ3) is 4.52. The number of carbonyl (C=O) groups is 2. The van der Waals surface area contributed by atoms with Crippen LogP contribution in [0.5, 0.6) is 0 Å². The molecule has 2 N–H and O–H groups in total. The van der Waals surface area contributed by atoms with Gasteiger partial charge in [-0.15, -0.1) is 0 Å². The van der Waals surface area contributed by atoms with Crippen LogP contribution in [0.25, 0.3) is 0 Å². The van der Waals surface area contributed by atoms with Gasteiger partial charge in [-0.1, -0.05) is 30.3 Å². The van der Waals surface area contributed by atoms with Gasteiger partial charge in [-0.3, -0.25) is 19.6 Å². The van der Waals surface area contributed by atoms with E-state index in [9.17, 15) is 14.7 Å². The Morgan fingerprint density at radius 1 is 1.13 bits per heavy atom. The number of aliphatic hydroxyl groups is 1. The summed E-state index contributed by atoms with van der Waals surface area (Å²) in [4.78, 5) is 34.9. The van der Waals surface area contributed by atoms with Crippen LogP contribution in [0.15, 0.2) is 36.7 Å². The van der Waals surface area contributed by atoms with Gasteiger partial charge in [0.05, 0.1) is 0 Å². The number of hydrogen-bond donors (Lipinski definition) is 2. The summed E-state index contributed by atoms with van der Waals surface area (Å²) in [6.45, 7) is 3.89. The van der Waals surface area contributed by atoms with Crippen molar-refractivity contribution >= 4 is 11.8 Å². The number of piperazine rings is 1. The van der Waals surface area contributed by atoms with Gasteiger partial charge in [-0.25, -0.2) is 4.98 Å². The van der Waals surface area contributed by atoms with Crippen LogP contribution in [0, 0.1) is 0 Å². The number of piperidine rings is 1. The van der Waals surface area contributed by atoms with E-state index in [1.54, 1.807) is 9.80 Å². The maximum Gasteiger partial charge on any atom is 0.291 e. The molecule has 9 heteroatoms. The fourth-order valence-electron chi connectivity index (χ4n) is 4.27. The zero-order valence-corrected chi connectivity index (χ0v) is 17.0. The van der Waals surface area contributed by atoms with Gasteiger partial charge in [0, 0.05) is 45.8 Å². The lowest BCUT2D eigenvalue weighted by Gasteiger charge is -2.43. The molecule has 2 saturated heterocycles. The molecule has 1 aromatic heterocycles. The molecular weight excluding hydrogens is 384 g/mol. The number of rotatable bonds is 6. The van der Waals surface area contributed by atoms with Gasteiger partial charge in [-0.2, -0.15) is 5.10 Å². The first-order valence-electron chi connectivity index (χ1n) is 10.5. The van der Waals surface area contributed by atoms with Crippen LogP contribution in [0.4, 0.5) is 0 Å². The highest BCUT2D eigenvalue weighted by atomic mass is 16.3. The summed E-state index contributed by atoms with van der Waals surface area (Å²) in [6, 6.07) is 10.1. The third-order valence-electron chi connectivity index (χ3n) is 5.98. The van der Waals surface area contributed by atoms with Gasteiger partial charge in [-0.05, 0) is 24.8 Å². The summed E-state index contributed by atoms with van der Waals surface area (Å²) in [5.41, 5.74) is -0.168. The van der Waals surface area contributed by atoms with Crippen molar-refractivity contribution in [3.05, 3.63) is 48.0 Å². The van der Waals surface area contributed by atoms with E-state index >= 15 is 0 Å². The first-order chi connectivity index (χ1) is 14.5. The molecule has 3 heterocycles. The van der Waals surface area contributed by atoms with Gasteiger partial charge in [0.25, 0.3) is 11.8 Å². The van der Waals surface area contributed by atoms with Crippen molar-refractivity contribution in [3.63, 3.8) is 0 Å². The minimum Gasteiger partial charge on any atom is -0.379 e. The zero-order chi connectivity index (χ0) is 21.0.